The SMILES string of the molecule is CCCCCC[C@H]1CC[C@H](/C=C/C#Cc2ccc([C@H]3CC[C@H](CCCCC)CC3)cc2)CC1. The molecular formula is C33H50. The van der Waals surface area contributed by atoms with Crippen LogP contribution in [0.5, 0.6) is 0 Å². The molecule has 0 bridgehead atoms. The second-order valence-electron chi connectivity index (χ2n) is 11.1. The van der Waals surface area contributed by atoms with Crippen molar-refractivity contribution in [3.8, 4) is 11.8 Å². The number of benzene rings is 1. The monoisotopic (exact) mass is 446 g/mol. The minimum atomic E-state index is 0.755. The fourth-order valence-corrected chi connectivity index (χ4v) is 6.14. The Hall–Kier alpha value is -1.48. The van der Waals surface area contributed by atoms with E-state index in [1.165, 1.54) is 115 Å². The molecule has 33 heavy (non-hydrogen) atoms. The highest BCUT2D eigenvalue weighted by molar-refractivity contribution is 5.39. The van der Waals surface area contributed by atoms with E-state index in [1.807, 2.05) is 0 Å². The number of unbranched alkanes of at least 4 members (excludes halogenated alkanes) is 5. The van der Waals surface area contributed by atoms with Crippen molar-refractivity contribution in [2.45, 2.75) is 129 Å². The summed E-state index contributed by atoms with van der Waals surface area (Å²) in [5, 5.41) is 0. The summed E-state index contributed by atoms with van der Waals surface area (Å²) in [6.45, 7) is 4.61. The molecule has 0 aromatic heterocycles. The number of allylic oxidation sites excluding steroid dienone is 2. The third kappa shape index (κ3) is 9.73. The van der Waals surface area contributed by atoms with Crippen molar-refractivity contribution in [1.82, 2.24) is 0 Å². The second kappa shape index (κ2) is 15.4. The van der Waals surface area contributed by atoms with Crippen LogP contribution in [0.15, 0.2) is 36.4 Å². The van der Waals surface area contributed by atoms with Crippen LogP contribution in [0.3, 0.4) is 0 Å². The molecule has 1 aromatic carbocycles. The van der Waals surface area contributed by atoms with E-state index in [-0.39, 0.29) is 0 Å². The molecule has 2 aliphatic carbocycles. The van der Waals surface area contributed by atoms with Gasteiger partial charge in [-0.2, -0.15) is 0 Å². The average molecular weight is 447 g/mol. The van der Waals surface area contributed by atoms with Crippen molar-refractivity contribution < 1.29 is 0 Å². The molecule has 1 aromatic rings. The molecule has 0 saturated heterocycles. The highest BCUT2D eigenvalue weighted by Crippen LogP contribution is 2.38. The van der Waals surface area contributed by atoms with Gasteiger partial charge in [0.15, 0.2) is 0 Å². The van der Waals surface area contributed by atoms with Gasteiger partial charge in [0.25, 0.3) is 0 Å². The standard InChI is InChI=1S/C33H50/c1-3-5-7-9-13-28-16-18-29(19-17-28)14-10-11-15-31-22-26-33(27-23-31)32-24-20-30(21-25-32)12-8-6-4-2/h10,14,22-23,26-30,32H,3-9,12-13,16-21,24-25H2,1-2H3/b14-10+/t28-,29-,30-,32-. The predicted molar refractivity (Wildman–Crippen MR) is 146 cm³/mol. The summed E-state index contributed by atoms with van der Waals surface area (Å²) in [6.07, 6.45) is 28.5. The van der Waals surface area contributed by atoms with Gasteiger partial charge in [0.05, 0.1) is 0 Å². The first-order chi connectivity index (χ1) is 16.3. The highest BCUT2D eigenvalue weighted by Gasteiger charge is 2.22. The average Bonchev–Trinajstić information content (AvgIpc) is 2.86. The van der Waals surface area contributed by atoms with Crippen molar-refractivity contribution >= 4 is 0 Å². The summed E-state index contributed by atoms with van der Waals surface area (Å²) in [4.78, 5) is 0. The van der Waals surface area contributed by atoms with Gasteiger partial charge in [0, 0.05) is 5.56 Å². The van der Waals surface area contributed by atoms with E-state index in [9.17, 15) is 0 Å². The molecule has 0 heterocycles. The molecule has 3 rings (SSSR count). The van der Waals surface area contributed by atoms with Crippen molar-refractivity contribution in [3.63, 3.8) is 0 Å². The third-order valence-electron chi connectivity index (χ3n) is 8.47. The first-order valence-corrected chi connectivity index (χ1v) is 14.6. The maximum atomic E-state index is 3.36. The van der Waals surface area contributed by atoms with E-state index in [4.69, 9.17) is 0 Å². The predicted octanol–water partition coefficient (Wildman–Crippen LogP) is 10.2. The van der Waals surface area contributed by atoms with Gasteiger partial charge < -0.3 is 0 Å². The Kier molecular flexibility index (Phi) is 12.2. The Balaban J connectivity index is 1.35. The fraction of sp³-hybridized carbons (Fsp3) is 0.697. The molecule has 0 spiro atoms. The van der Waals surface area contributed by atoms with Gasteiger partial charge in [-0.15, -0.1) is 0 Å². The van der Waals surface area contributed by atoms with Crippen molar-refractivity contribution in [1.29, 1.82) is 0 Å². The lowest BCUT2D eigenvalue weighted by Gasteiger charge is -2.29. The smallest absolute Gasteiger partial charge is 0.0249 e. The van der Waals surface area contributed by atoms with Crippen molar-refractivity contribution in [2.24, 2.45) is 17.8 Å². The minimum absolute atomic E-state index is 0.755. The van der Waals surface area contributed by atoms with Crippen LogP contribution in [0.1, 0.15) is 140 Å². The van der Waals surface area contributed by atoms with Crippen molar-refractivity contribution in [2.75, 3.05) is 0 Å². The zero-order chi connectivity index (χ0) is 23.1. The Labute approximate surface area is 206 Å². The van der Waals surface area contributed by atoms with Gasteiger partial charge in [0.1, 0.15) is 0 Å². The minimum Gasteiger partial charge on any atom is -0.0730 e. The van der Waals surface area contributed by atoms with E-state index >= 15 is 0 Å². The second-order valence-corrected chi connectivity index (χ2v) is 11.1. The molecule has 0 nitrogen and oxygen atoms in total. The number of rotatable bonds is 11. The first-order valence-electron chi connectivity index (χ1n) is 14.6. The lowest BCUT2D eigenvalue weighted by molar-refractivity contribution is 0.289. The van der Waals surface area contributed by atoms with Crippen LogP contribution in [0.2, 0.25) is 0 Å². The zero-order valence-corrected chi connectivity index (χ0v) is 21.8. The Morgan fingerprint density at radius 1 is 0.697 bits per heavy atom. The van der Waals surface area contributed by atoms with E-state index in [1.54, 1.807) is 0 Å². The van der Waals surface area contributed by atoms with Crippen LogP contribution in [-0.2, 0) is 0 Å². The first kappa shape index (κ1) is 26.1. The zero-order valence-electron chi connectivity index (χ0n) is 21.8. The molecular weight excluding hydrogens is 396 g/mol. The largest absolute Gasteiger partial charge is 0.0730 e. The molecule has 0 heteroatoms. The molecule has 2 fully saturated rings. The van der Waals surface area contributed by atoms with E-state index in [2.05, 4.69) is 62.1 Å². The van der Waals surface area contributed by atoms with Gasteiger partial charge in [-0.25, -0.2) is 0 Å². The van der Waals surface area contributed by atoms with Gasteiger partial charge in [-0.1, -0.05) is 102 Å². The summed E-state index contributed by atoms with van der Waals surface area (Å²) in [5.74, 6) is 10.2. The van der Waals surface area contributed by atoms with Crippen LogP contribution in [0.25, 0.3) is 0 Å². The van der Waals surface area contributed by atoms with Gasteiger partial charge in [0.2, 0.25) is 0 Å². The molecule has 0 amide bonds. The van der Waals surface area contributed by atoms with E-state index in [0.717, 1.165) is 29.2 Å². The summed E-state index contributed by atoms with van der Waals surface area (Å²) < 4.78 is 0. The maximum Gasteiger partial charge on any atom is 0.0249 e. The number of hydrogen-bond donors (Lipinski definition) is 0. The van der Waals surface area contributed by atoms with Gasteiger partial charge in [-0.3, -0.25) is 0 Å². The molecule has 0 aliphatic heterocycles. The van der Waals surface area contributed by atoms with E-state index < -0.39 is 0 Å². The van der Waals surface area contributed by atoms with Crippen LogP contribution in [0.4, 0.5) is 0 Å². The lowest BCUT2D eigenvalue weighted by atomic mass is 9.77. The molecule has 0 unspecified atom stereocenters. The lowest BCUT2D eigenvalue weighted by Crippen LogP contribution is -2.13. The third-order valence-corrected chi connectivity index (χ3v) is 8.47. The van der Waals surface area contributed by atoms with Crippen molar-refractivity contribution in [3.05, 3.63) is 47.5 Å². The Bertz CT molecular complexity index is 712. The normalized spacial score (nSPS) is 25.6. The van der Waals surface area contributed by atoms with Crippen LogP contribution in [0, 0.1) is 29.6 Å². The van der Waals surface area contributed by atoms with Gasteiger partial charge in [-0.05, 0) is 98.8 Å². The Morgan fingerprint density at radius 3 is 1.91 bits per heavy atom. The molecule has 0 atom stereocenters. The van der Waals surface area contributed by atoms with Crippen LogP contribution in [-0.4, -0.2) is 0 Å². The molecule has 0 radical (unpaired) electrons. The topological polar surface area (TPSA) is 0 Å². The molecule has 0 N–H and O–H groups in total. The summed E-state index contributed by atoms with van der Waals surface area (Å²) >= 11 is 0. The highest BCUT2D eigenvalue weighted by atomic mass is 14.3. The van der Waals surface area contributed by atoms with Crippen LogP contribution < -0.4 is 0 Å². The van der Waals surface area contributed by atoms with E-state index in [0.29, 0.717) is 0 Å². The summed E-state index contributed by atoms with van der Waals surface area (Å²) in [6, 6.07) is 9.18. The number of hydrogen-bond acceptors (Lipinski definition) is 0. The molecule has 2 aliphatic rings. The molecule has 182 valence electrons. The quantitative estimate of drug-likeness (QED) is 0.234. The fourth-order valence-electron chi connectivity index (χ4n) is 6.14. The Morgan fingerprint density at radius 2 is 1.27 bits per heavy atom. The molecule has 2 saturated carbocycles. The summed E-state index contributed by atoms with van der Waals surface area (Å²) in [5.41, 5.74) is 2.70. The van der Waals surface area contributed by atoms with Crippen LogP contribution >= 0.6 is 0 Å². The summed E-state index contributed by atoms with van der Waals surface area (Å²) in [7, 11) is 0. The maximum absolute atomic E-state index is 3.36. The van der Waals surface area contributed by atoms with Gasteiger partial charge >= 0.3 is 0 Å².